The lowest BCUT2D eigenvalue weighted by molar-refractivity contribution is -0.138. The second kappa shape index (κ2) is 3.61. The summed E-state index contributed by atoms with van der Waals surface area (Å²) in [6.07, 6.45) is 1.87. The van der Waals surface area contributed by atoms with Crippen LogP contribution in [-0.4, -0.2) is 20.5 Å². The summed E-state index contributed by atoms with van der Waals surface area (Å²) in [6, 6.07) is 2.75. The largest absolute Gasteiger partial charge is 0.480 e. The zero-order valence-corrected chi connectivity index (χ0v) is 9.14. The summed E-state index contributed by atoms with van der Waals surface area (Å²) in [6.45, 7) is 3.76. The Balaban J connectivity index is 2.70. The maximum atomic E-state index is 10.9. The van der Waals surface area contributed by atoms with Crippen LogP contribution in [0.15, 0.2) is 18.3 Å². The Kier molecular flexibility index (Phi) is 2.40. The van der Waals surface area contributed by atoms with Gasteiger partial charge in [-0.1, -0.05) is 0 Å². The Hall–Kier alpha value is -1.88. The van der Waals surface area contributed by atoms with Crippen LogP contribution < -0.4 is 5.73 Å². The molecule has 0 saturated heterocycles. The first kappa shape index (κ1) is 10.6. The molecule has 1 unspecified atom stereocenters. The summed E-state index contributed by atoms with van der Waals surface area (Å²) >= 11 is 0. The number of pyridine rings is 1. The van der Waals surface area contributed by atoms with Gasteiger partial charge < -0.3 is 15.2 Å². The third kappa shape index (κ3) is 1.55. The summed E-state index contributed by atoms with van der Waals surface area (Å²) in [5, 5.41) is 8.90. The third-order valence-electron chi connectivity index (χ3n) is 2.56. The van der Waals surface area contributed by atoms with Crippen molar-refractivity contribution in [2.45, 2.75) is 19.9 Å². The van der Waals surface area contributed by atoms with Crippen molar-refractivity contribution in [2.75, 3.05) is 0 Å². The molecule has 0 radical (unpaired) electrons. The lowest BCUT2D eigenvalue weighted by Crippen LogP contribution is -2.21. The van der Waals surface area contributed by atoms with Crippen LogP contribution in [0.3, 0.4) is 0 Å². The molecular weight excluding hydrogens is 206 g/mol. The molecule has 2 aromatic heterocycles. The molecule has 0 saturated carbocycles. The van der Waals surface area contributed by atoms with E-state index in [4.69, 9.17) is 10.8 Å². The minimum Gasteiger partial charge on any atom is -0.480 e. The quantitative estimate of drug-likeness (QED) is 0.790. The van der Waals surface area contributed by atoms with Gasteiger partial charge in [-0.15, -0.1) is 0 Å². The van der Waals surface area contributed by atoms with Gasteiger partial charge in [0.2, 0.25) is 0 Å². The van der Waals surface area contributed by atoms with E-state index in [1.807, 2.05) is 36.6 Å². The first-order valence-corrected chi connectivity index (χ1v) is 4.94. The maximum absolute atomic E-state index is 10.9. The van der Waals surface area contributed by atoms with E-state index in [0.717, 1.165) is 16.9 Å². The number of carboxylic acid groups (broad SMARTS) is 1. The van der Waals surface area contributed by atoms with E-state index in [2.05, 4.69) is 4.98 Å². The van der Waals surface area contributed by atoms with Crippen LogP contribution in [-0.2, 0) is 4.79 Å². The summed E-state index contributed by atoms with van der Waals surface area (Å²) in [7, 11) is 0. The average molecular weight is 219 g/mol. The highest BCUT2D eigenvalue weighted by Crippen LogP contribution is 2.19. The normalized spacial score (nSPS) is 12.9. The number of carboxylic acids is 1. The van der Waals surface area contributed by atoms with Crippen molar-refractivity contribution in [3.63, 3.8) is 0 Å². The number of rotatable bonds is 2. The highest BCUT2D eigenvalue weighted by Gasteiger charge is 2.21. The predicted molar refractivity (Wildman–Crippen MR) is 59.2 cm³/mol. The molecule has 0 bridgehead atoms. The van der Waals surface area contributed by atoms with E-state index in [9.17, 15) is 4.79 Å². The number of carbonyl (C=O) groups is 1. The third-order valence-corrected chi connectivity index (χ3v) is 2.56. The van der Waals surface area contributed by atoms with Crippen molar-refractivity contribution in [1.29, 1.82) is 0 Å². The number of aryl methyl sites for hydroxylation is 2. The molecule has 0 aliphatic rings. The first-order chi connectivity index (χ1) is 7.50. The summed E-state index contributed by atoms with van der Waals surface area (Å²) < 4.78 is 1.84. The molecule has 1 atom stereocenters. The molecule has 0 amide bonds. The smallest absolute Gasteiger partial charge is 0.326 e. The van der Waals surface area contributed by atoms with Crippen molar-refractivity contribution in [3.05, 3.63) is 35.4 Å². The first-order valence-electron chi connectivity index (χ1n) is 4.94. The molecule has 0 aliphatic heterocycles. The lowest BCUT2D eigenvalue weighted by atomic mass is 10.1. The van der Waals surface area contributed by atoms with E-state index >= 15 is 0 Å². The topological polar surface area (TPSA) is 80.6 Å². The Bertz CT molecular complexity index is 560. The van der Waals surface area contributed by atoms with Crippen LogP contribution in [0.1, 0.15) is 23.1 Å². The SMILES string of the molecule is Cc1ccn2c(C)nc(C(N)C(=O)O)c2c1. The fourth-order valence-electron chi connectivity index (χ4n) is 1.72. The van der Waals surface area contributed by atoms with Crippen LogP contribution in [0.4, 0.5) is 0 Å². The van der Waals surface area contributed by atoms with E-state index in [1.54, 1.807) is 0 Å². The number of aromatic nitrogens is 2. The van der Waals surface area contributed by atoms with Crippen molar-refractivity contribution in [3.8, 4) is 0 Å². The molecule has 0 aromatic carbocycles. The van der Waals surface area contributed by atoms with Gasteiger partial charge in [-0.2, -0.15) is 0 Å². The van der Waals surface area contributed by atoms with Gasteiger partial charge in [0, 0.05) is 6.20 Å². The molecule has 5 heteroatoms. The molecule has 0 aliphatic carbocycles. The number of nitrogens with zero attached hydrogens (tertiary/aromatic N) is 2. The van der Waals surface area contributed by atoms with Gasteiger partial charge in [0.05, 0.1) is 11.2 Å². The fourth-order valence-corrected chi connectivity index (χ4v) is 1.72. The molecule has 84 valence electrons. The zero-order valence-electron chi connectivity index (χ0n) is 9.14. The van der Waals surface area contributed by atoms with Gasteiger partial charge in [-0.3, -0.25) is 4.79 Å². The summed E-state index contributed by atoms with van der Waals surface area (Å²) in [5.74, 6) is -0.330. The van der Waals surface area contributed by atoms with Crippen molar-refractivity contribution in [1.82, 2.24) is 9.38 Å². The van der Waals surface area contributed by atoms with E-state index in [1.165, 1.54) is 0 Å². The van der Waals surface area contributed by atoms with Gasteiger partial charge in [0.25, 0.3) is 0 Å². The van der Waals surface area contributed by atoms with Crippen LogP contribution in [0.2, 0.25) is 0 Å². The molecule has 2 heterocycles. The lowest BCUT2D eigenvalue weighted by Gasteiger charge is -2.03. The average Bonchev–Trinajstić information content (AvgIpc) is 2.54. The van der Waals surface area contributed by atoms with Crippen molar-refractivity contribution < 1.29 is 9.90 Å². The number of hydrogen-bond acceptors (Lipinski definition) is 3. The highest BCUT2D eigenvalue weighted by atomic mass is 16.4. The molecule has 16 heavy (non-hydrogen) atoms. The van der Waals surface area contributed by atoms with Gasteiger partial charge in [-0.25, -0.2) is 4.98 Å². The second-order valence-electron chi connectivity index (χ2n) is 3.82. The summed E-state index contributed by atoms with van der Waals surface area (Å²) in [4.78, 5) is 15.1. The Morgan fingerprint density at radius 1 is 1.56 bits per heavy atom. The zero-order chi connectivity index (χ0) is 11.9. The molecule has 0 fully saturated rings. The minimum absolute atomic E-state index is 0.411. The number of hydrogen-bond donors (Lipinski definition) is 2. The standard InChI is InChI=1S/C11H13N3O2/c1-6-3-4-14-7(2)13-10(8(14)5-6)9(12)11(15)16/h3-5,9H,12H2,1-2H3,(H,15,16). The number of nitrogens with two attached hydrogens (primary N) is 1. The Morgan fingerprint density at radius 2 is 2.25 bits per heavy atom. The molecule has 2 aromatic rings. The van der Waals surface area contributed by atoms with Crippen molar-refractivity contribution in [2.24, 2.45) is 5.73 Å². The van der Waals surface area contributed by atoms with E-state index < -0.39 is 12.0 Å². The molecular formula is C11H13N3O2. The van der Waals surface area contributed by atoms with Gasteiger partial charge >= 0.3 is 5.97 Å². The molecule has 5 nitrogen and oxygen atoms in total. The van der Waals surface area contributed by atoms with E-state index in [0.29, 0.717) is 5.69 Å². The van der Waals surface area contributed by atoms with Crippen LogP contribution in [0.5, 0.6) is 0 Å². The summed E-state index contributed by atoms with van der Waals surface area (Å²) in [5.41, 5.74) is 7.81. The fraction of sp³-hybridized carbons (Fsp3) is 0.273. The number of fused-ring (bicyclic) bond motifs is 1. The maximum Gasteiger partial charge on any atom is 0.326 e. The van der Waals surface area contributed by atoms with Crippen LogP contribution >= 0.6 is 0 Å². The second-order valence-corrected chi connectivity index (χ2v) is 3.82. The number of aliphatic carboxylic acids is 1. The van der Waals surface area contributed by atoms with Gasteiger partial charge in [-0.05, 0) is 31.5 Å². The van der Waals surface area contributed by atoms with Gasteiger partial charge in [0.1, 0.15) is 11.9 Å². The Morgan fingerprint density at radius 3 is 2.88 bits per heavy atom. The number of imidazole rings is 1. The van der Waals surface area contributed by atoms with E-state index in [-0.39, 0.29) is 0 Å². The van der Waals surface area contributed by atoms with Gasteiger partial charge in [0.15, 0.2) is 0 Å². The monoisotopic (exact) mass is 219 g/mol. The molecule has 0 spiro atoms. The van der Waals surface area contributed by atoms with Crippen LogP contribution in [0.25, 0.3) is 5.52 Å². The Labute approximate surface area is 92.5 Å². The predicted octanol–water partition coefficient (Wildman–Crippen LogP) is 1.04. The highest BCUT2D eigenvalue weighted by molar-refractivity contribution is 5.78. The van der Waals surface area contributed by atoms with Crippen LogP contribution in [0, 0.1) is 13.8 Å². The minimum atomic E-state index is -1.08. The molecule has 3 N–H and O–H groups in total. The molecule has 2 rings (SSSR count). The van der Waals surface area contributed by atoms with Crippen molar-refractivity contribution >= 4 is 11.5 Å².